The second kappa shape index (κ2) is 9.23. The number of nitrogens with two attached hydrogens (primary N) is 1. The Kier molecular flexibility index (Phi) is 7.65. The van der Waals surface area contributed by atoms with Gasteiger partial charge in [0.1, 0.15) is 23.2 Å². The van der Waals surface area contributed by atoms with Gasteiger partial charge in [-0.2, -0.15) is 0 Å². The van der Waals surface area contributed by atoms with Crippen LogP contribution in [-0.2, 0) is 14.4 Å². The Morgan fingerprint density at radius 2 is 2.00 bits per heavy atom. The maximum absolute atomic E-state index is 12.0. The zero-order valence-electron chi connectivity index (χ0n) is 13.9. The molecule has 0 fully saturated rings. The molecule has 1 unspecified atom stereocenters. The van der Waals surface area contributed by atoms with Crippen molar-refractivity contribution in [2.45, 2.75) is 26.3 Å². The first-order chi connectivity index (χ1) is 11.6. The van der Waals surface area contributed by atoms with Crippen molar-refractivity contribution in [1.82, 2.24) is 10.6 Å². The van der Waals surface area contributed by atoms with Gasteiger partial charge in [0.2, 0.25) is 11.8 Å². The average Bonchev–Trinajstić information content (AvgIpc) is 2.91. The Hall–Kier alpha value is -2.33. The summed E-state index contributed by atoms with van der Waals surface area (Å²) in [5.74, 6) is -1.78. The Bertz CT molecular complexity index is 654. The lowest BCUT2D eigenvalue weighted by Gasteiger charge is -2.13. The number of carbonyl (C=O) groups is 3. The minimum Gasteiger partial charge on any atom is -0.505 e. The minimum absolute atomic E-state index is 0.0387. The molecule has 25 heavy (non-hydrogen) atoms. The predicted molar refractivity (Wildman–Crippen MR) is 94.8 cm³/mol. The fourth-order valence-electron chi connectivity index (χ4n) is 1.90. The first-order valence-electron chi connectivity index (χ1n) is 7.55. The molecule has 0 saturated heterocycles. The number of primary amides is 1. The van der Waals surface area contributed by atoms with Crippen LogP contribution in [0.25, 0.3) is 0 Å². The third kappa shape index (κ3) is 6.24. The molecule has 1 rings (SSSR count). The summed E-state index contributed by atoms with van der Waals surface area (Å²) in [6.45, 7) is 2.86. The summed E-state index contributed by atoms with van der Waals surface area (Å²) < 4.78 is 0. The van der Waals surface area contributed by atoms with Gasteiger partial charge >= 0.3 is 0 Å². The molecule has 0 saturated carbocycles. The van der Waals surface area contributed by atoms with E-state index in [4.69, 9.17) is 10.8 Å². The normalized spacial score (nSPS) is 16.8. The topological polar surface area (TPSA) is 154 Å². The quantitative estimate of drug-likeness (QED) is 0.291. The van der Waals surface area contributed by atoms with Gasteiger partial charge < -0.3 is 26.6 Å². The lowest BCUT2D eigenvalue weighted by Crippen LogP contribution is -2.49. The van der Waals surface area contributed by atoms with Crippen LogP contribution in [0.3, 0.4) is 0 Å². The van der Waals surface area contributed by atoms with E-state index in [1.54, 1.807) is 0 Å². The highest BCUT2D eigenvalue weighted by Gasteiger charge is 2.22. The summed E-state index contributed by atoms with van der Waals surface area (Å²) >= 11 is 4.12. The third-order valence-corrected chi connectivity index (χ3v) is 3.50. The van der Waals surface area contributed by atoms with Crippen molar-refractivity contribution in [1.29, 1.82) is 0 Å². The molecule has 1 heterocycles. The summed E-state index contributed by atoms with van der Waals surface area (Å²) in [5, 5.41) is 23.7. The summed E-state index contributed by atoms with van der Waals surface area (Å²) in [6, 6.07) is -1.19. The van der Waals surface area contributed by atoms with Gasteiger partial charge in [0.05, 0.1) is 18.2 Å². The van der Waals surface area contributed by atoms with Crippen molar-refractivity contribution < 1.29 is 24.6 Å². The molecule has 9 nitrogen and oxygen atoms in total. The number of aliphatic imine (C=N–C) groups is 1. The second-order valence-electron chi connectivity index (χ2n) is 5.80. The molecular weight excluding hydrogens is 348 g/mol. The fraction of sp³-hybridized carbons (Fsp3) is 0.467. The smallest absolute Gasteiger partial charge is 0.242 e. The van der Waals surface area contributed by atoms with E-state index < -0.39 is 24.5 Å². The zero-order chi connectivity index (χ0) is 19.1. The van der Waals surface area contributed by atoms with E-state index in [1.165, 1.54) is 6.08 Å². The third-order valence-electron chi connectivity index (χ3n) is 3.13. The highest BCUT2D eigenvalue weighted by atomic mass is 32.1. The Labute approximate surface area is 150 Å². The number of Topliss-reactive ketones (excluding diaryl/α,β-unsaturated/α-hetero) is 1. The number of hydrogen-bond donors (Lipinski definition) is 6. The molecule has 1 atom stereocenters. The van der Waals surface area contributed by atoms with Crippen LogP contribution < -0.4 is 16.4 Å². The van der Waals surface area contributed by atoms with Gasteiger partial charge in [-0.15, -0.1) is 12.6 Å². The van der Waals surface area contributed by atoms with Gasteiger partial charge in [-0.05, 0) is 5.92 Å². The first kappa shape index (κ1) is 20.7. The predicted octanol–water partition coefficient (Wildman–Crippen LogP) is -0.851. The van der Waals surface area contributed by atoms with E-state index in [-0.39, 0.29) is 40.4 Å². The van der Waals surface area contributed by atoms with Crippen molar-refractivity contribution in [3.63, 3.8) is 0 Å². The maximum Gasteiger partial charge on any atom is 0.242 e. The van der Waals surface area contributed by atoms with Crippen LogP contribution >= 0.6 is 12.6 Å². The average molecular weight is 370 g/mol. The Morgan fingerprint density at radius 3 is 2.52 bits per heavy atom. The van der Waals surface area contributed by atoms with E-state index in [1.807, 2.05) is 13.8 Å². The molecule has 0 aliphatic carbocycles. The standard InChI is InChI=1S/C15H22N4O5S/c1-7(2)3-10(21)8-4-11(22)13(19-8)15(25)17-5-12(23)18-9(6-20)14(16)24/h4,7,9,17,20,22,25H,3,5-6H2,1-2H3,(H2,16,24)(H,18,23)/b15-13-. The molecule has 6 N–H and O–H groups in total. The monoisotopic (exact) mass is 370 g/mol. The molecule has 0 aromatic rings. The first-order valence-corrected chi connectivity index (χ1v) is 8.00. The molecule has 0 radical (unpaired) electrons. The minimum atomic E-state index is -1.19. The van der Waals surface area contributed by atoms with E-state index >= 15 is 0 Å². The van der Waals surface area contributed by atoms with Gasteiger partial charge in [-0.25, -0.2) is 4.99 Å². The molecule has 0 aromatic heterocycles. The number of nitrogens with zero attached hydrogens (tertiary/aromatic N) is 1. The second-order valence-corrected chi connectivity index (χ2v) is 6.25. The van der Waals surface area contributed by atoms with Crippen LogP contribution in [0, 0.1) is 5.92 Å². The van der Waals surface area contributed by atoms with Crippen LogP contribution in [0.4, 0.5) is 0 Å². The van der Waals surface area contributed by atoms with Crippen molar-refractivity contribution in [3.8, 4) is 0 Å². The number of allylic oxidation sites excluding steroid dienone is 1. The summed E-state index contributed by atoms with van der Waals surface area (Å²) in [4.78, 5) is 38.6. The highest BCUT2D eigenvalue weighted by molar-refractivity contribution is 7.84. The molecule has 1 aliphatic rings. The number of ketones is 1. The molecule has 2 amide bonds. The summed E-state index contributed by atoms with van der Waals surface area (Å²) in [5.41, 5.74) is 5.16. The molecule has 0 bridgehead atoms. The molecule has 138 valence electrons. The van der Waals surface area contributed by atoms with Crippen molar-refractivity contribution in [2.24, 2.45) is 16.6 Å². The molecule has 0 aromatic carbocycles. The van der Waals surface area contributed by atoms with Crippen LogP contribution in [0.5, 0.6) is 0 Å². The Morgan fingerprint density at radius 1 is 1.36 bits per heavy atom. The molecule has 1 aliphatic heterocycles. The van der Waals surface area contributed by atoms with Crippen molar-refractivity contribution in [3.05, 3.63) is 22.6 Å². The number of carbonyl (C=O) groups excluding carboxylic acids is 3. The van der Waals surface area contributed by atoms with Crippen molar-refractivity contribution in [2.75, 3.05) is 13.2 Å². The SMILES string of the molecule is CC(C)CC(=O)C1=N/C(=C(\S)NCC(=O)NC(CO)C(N)=O)C(O)=C1. The van der Waals surface area contributed by atoms with Gasteiger partial charge in [0.25, 0.3) is 0 Å². The number of hydrogen-bond acceptors (Lipinski definition) is 8. The van der Waals surface area contributed by atoms with E-state index in [0.717, 1.165) is 0 Å². The largest absolute Gasteiger partial charge is 0.505 e. The molecule has 0 spiro atoms. The van der Waals surface area contributed by atoms with Crippen LogP contribution in [0.2, 0.25) is 0 Å². The number of aliphatic hydroxyl groups is 2. The highest BCUT2D eigenvalue weighted by Crippen LogP contribution is 2.22. The van der Waals surface area contributed by atoms with Gasteiger partial charge in [0.15, 0.2) is 5.78 Å². The fourth-order valence-corrected chi connectivity index (χ4v) is 2.14. The summed E-state index contributed by atoms with van der Waals surface area (Å²) in [6.07, 6.45) is 1.54. The number of rotatable bonds is 9. The number of thiol groups is 1. The van der Waals surface area contributed by atoms with Crippen LogP contribution in [0.15, 0.2) is 27.6 Å². The molecule has 10 heteroatoms. The lowest BCUT2D eigenvalue weighted by atomic mass is 10.0. The lowest BCUT2D eigenvalue weighted by molar-refractivity contribution is -0.127. The zero-order valence-corrected chi connectivity index (χ0v) is 14.8. The number of nitrogens with one attached hydrogen (secondary N) is 2. The van der Waals surface area contributed by atoms with Gasteiger partial charge in [0, 0.05) is 12.5 Å². The number of amides is 2. The van der Waals surface area contributed by atoms with E-state index in [0.29, 0.717) is 6.42 Å². The van der Waals surface area contributed by atoms with Gasteiger partial charge in [-0.1, -0.05) is 13.8 Å². The van der Waals surface area contributed by atoms with Crippen molar-refractivity contribution >= 4 is 35.9 Å². The van der Waals surface area contributed by atoms with Gasteiger partial charge in [-0.3, -0.25) is 14.4 Å². The molecular formula is C15H22N4O5S. The van der Waals surface area contributed by atoms with Crippen LogP contribution in [0.1, 0.15) is 20.3 Å². The van der Waals surface area contributed by atoms with E-state index in [9.17, 15) is 19.5 Å². The maximum atomic E-state index is 12.0. The Balaban J connectivity index is 2.72. The summed E-state index contributed by atoms with van der Waals surface area (Å²) in [7, 11) is 0. The number of aliphatic hydroxyl groups excluding tert-OH is 2. The van der Waals surface area contributed by atoms with Crippen LogP contribution in [-0.4, -0.2) is 52.7 Å². The van der Waals surface area contributed by atoms with E-state index in [2.05, 4.69) is 28.3 Å².